The third kappa shape index (κ3) is 4.57. The molecule has 0 saturated heterocycles. The quantitative estimate of drug-likeness (QED) is 0.199. The van der Waals surface area contributed by atoms with E-state index in [1.54, 1.807) is 24.6 Å². The van der Waals surface area contributed by atoms with Crippen LogP contribution in [0.25, 0.3) is 0 Å². The molecule has 2 rings (SSSR count). The topological polar surface area (TPSA) is 80.3 Å². The Bertz CT molecular complexity index is 683. The molecular formula is C14H13Cl2N3O3S. The number of carbonyl (C=O) groups is 2. The molecule has 2 heterocycles. The van der Waals surface area contributed by atoms with Crippen molar-refractivity contribution in [2.45, 2.75) is 12.4 Å². The lowest BCUT2D eigenvalue weighted by molar-refractivity contribution is -0.139. The van der Waals surface area contributed by atoms with E-state index >= 15 is 0 Å². The van der Waals surface area contributed by atoms with Crippen LogP contribution in [0.5, 0.6) is 0 Å². The summed E-state index contributed by atoms with van der Waals surface area (Å²) in [6, 6.07) is 0. The van der Waals surface area contributed by atoms with Gasteiger partial charge >= 0.3 is 5.97 Å². The third-order valence-corrected chi connectivity index (χ3v) is 3.96. The van der Waals surface area contributed by atoms with Crippen molar-refractivity contribution in [3.05, 3.63) is 46.2 Å². The van der Waals surface area contributed by atoms with Crippen LogP contribution in [0.15, 0.2) is 46.2 Å². The van der Waals surface area contributed by atoms with Crippen LogP contribution in [-0.4, -0.2) is 28.8 Å². The number of ether oxygens (including phenoxy) is 1. The lowest BCUT2D eigenvalue weighted by Crippen LogP contribution is -2.27. The van der Waals surface area contributed by atoms with Crippen LogP contribution in [-0.2, 0) is 14.3 Å². The minimum absolute atomic E-state index is 0.0712. The summed E-state index contributed by atoms with van der Waals surface area (Å²) in [7, 11) is 0. The number of alkyl halides is 1. The molecule has 1 aliphatic heterocycles. The van der Waals surface area contributed by atoms with Crippen molar-refractivity contribution in [2.24, 2.45) is 0 Å². The van der Waals surface area contributed by atoms with E-state index in [1.165, 1.54) is 23.6 Å². The van der Waals surface area contributed by atoms with Crippen LogP contribution < -0.4 is 10.6 Å². The molecule has 1 unspecified atom stereocenters. The highest BCUT2D eigenvalue weighted by Gasteiger charge is 2.26. The second kappa shape index (κ2) is 8.14. The summed E-state index contributed by atoms with van der Waals surface area (Å²) in [6.45, 7) is 1.80. The van der Waals surface area contributed by atoms with Crippen LogP contribution in [0, 0.1) is 0 Å². The zero-order valence-electron chi connectivity index (χ0n) is 12.0. The van der Waals surface area contributed by atoms with Gasteiger partial charge in [-0.15, -0.1) is 11.3 Å². The summed E-state index contributed by atoms with van der Waals surface area (Å²) < 4.78 is 4.92. The lowest BCUT2D eigenvalue weighted by atomic mass is 10.0. The highest BCUT2D eigenvalue weighted by atomic mass is 35.5. The normalized spacial score (nSPS) is 17.7. The average Bonchev–Trinajstić information content (AvgIpc) is 3.01. The maximum absolute atomic E-state index is 12.6. The first-order chi connectivity index (χ1) is 11.0. The summed E-state index contributed by atoms with van der Waals surface area (Å²) >= 11 is 13.2. The summed E-state index contributed by atoms with van der Waals surface area (Å²) in [4.78, 5) is 28.6. The maximum atomic E-state index is 12.6. The molecule has 122 valence electrons. The minimum atomic E-state index is -0.750. The molecule has 1 aromatic heterocycles. The molecule has 6 nitrogen and oxygen atoms in total. The molecule has 23 heavy (non-hydrogen) atoms. The first kappa shape index (κ1) is 17.5. The third-order valence-electron chi connectivity index (χ3n) is 2.69. The number of aromatic nitrogens is 1. The van der Waals surface area contributed by atoms with Crippen molar-refractivity contribution in [2.75, 3.05) is 11.9 Å². The number of Topliss-reactive ketones (excluding diaryl/α,β-unsaturated/α-hetero) is 1. The number of anilines is 1. The summed E-state index contributed by atoms with van der Waals surface area (Å²) in [5.41, 5.74) is -0.569. The van der Waals surface area contributed by atoms with Crippen LogP contribution in [0.4, 0.5) is 5.13 Å². The predicted octanol–water partition coefficient (Wildman–Crippen LogP) is 2.75. The molecule has 0 aliphatic carbocycles. The van der Waals surface area contributed by atoms with Gasteiger partial charge in [-0.05, 0) is 19.1 Å². The monoisotopic (exact) mass is 373 g/mol. The van der Waals surface area contributed by atoms with Gasteiger partial charge in [0.05, 0.1) is 12.2 Å². The van der Waals surface area contributed by atoms with Crippen molar-refractivity contribution in [3.8, 4) is 0 Å². The standard InChI is InChI=1S/C14H13Cl2N3O3S/c1-2-22-13(21)9(7-18-14-17-5-6-23-14)11(20)8-3-4-10(15)19-12(8)16/h3-7,10,19H,2H2,1H3,(H,17,18)/b9-7-. The van der Waals surface area contributed by atoms with E-state index in [2.05, 4.69) is 15.6 Å². The number of halogens is 2. The molecule has 0 radical (unpaired) electrons. The molecule has 0 fully saturated rings. The van der Waals surface area contributed by atoms with Gasteiger partial charge < -0.3 is 15.4 Å². The van der Waals surface area contributed by atoms with Crippen molar-refractivity contribution in [1.82, 2.24) is 10.3 Å². The molecule has 0 spiro atoms. The fourth-order valence-electron chi connectivity index (χ4n) is 1.68. The molecule has 2 N–H and O–H groups in total. The fraction of sp³-hybridized carbons (Fsp3) is 0.214. The Labute approximate surface area is 146 Å². The van der Waals surface area contributed by atoms with Gasteiger partial charge in [0, 0.05) is 17.8 Å². The number of rotatable bonds is 6. The van der Waals surface area contributed by atoms with Gasteiger partial charge in [0.1, 0.15) is 16.2 Å². The second-order valence-corrected chi connectivity index (χ2v) is 5.96. The Balaban J connectivity index is 2.28. The number of hydrogen-bond donors (Lipinski definition) is 2. The smallest absolute Gasteiger partial charge is 0.343 e. The van der Waals surface area contributed by atoms with Crippen LogP contribution in [0.1, 0.15) is 6.92 Å². The Morgan fingerprint density at radius 1 is 1.57 bits per heavy atom. The number of esters is 1. The van der Waals surface area contributed by atoms with Crippen molar-refractivity contribution < 1.29 is 14.3 Å². The van der Waals surface area contributed by atoms with Gasteiger partial charge in [-0.2, -0.15) is 0 Å². The van der Waals surface area contributed by atoms with Crippen LogP contribution in [0.3, 0.4) is 0 Å². The Morgan fingerprint density at radius 2 is 2.35 bits per heavy atom. The zero-order valence-corrected chi connectivity index (χ0v) is 14.3. The molecule has 9 heteroatoms. The predicted molar refractivity (Wildman–Crippen MR) is 90.3 cm³/mol. The summed E-state index contributed by atoms with van der Waals surface area (Å²) in [5, 5.41) is 7.86. The Morgan fingerprint density at radius 3 is 2.96 bits per heavy atom. The zero-order chi connectivity index (χ0) is 16.8. The summed E-state index contributed by atoms with van der Waals surface area (Å²) in [6.07, 6.45) is 5.88. The molecular weight excluding hydrogens is 361 g/mol. The van der Waals surface area contributed by atoms with Crippen molar-refractivity contribution in [3.63, 3.8) is 0 Å². The lowest BCUT2D eigenvalue weighted by Gasteiger charge is -2.16. The van der Waals surface area contributed by atoms with Gasteiger partial charge in [-0.3, -0.25) is 4.79 Å². The van der Waals surface area contributed by atoms with Crippen LogP contribution >= 0.6 is 34.5 Å². The SMILES string of the molecule is CCOC(=O)/C(=C\Nc1nccs1)C(=O)C1=C(Cl)NC(Cl)C=C1. The van der Waals surface area contributed by atoms with Crippen molar-refractivity contribution in [1.29, 1.82) is 0 Å². The number of dihydropyridines is 1. The first-order valence-corrected chi connectivity index (χ1v) is 8.29. The second-order valence-electron chi connectivity index (χ2n) is 4.22. The Kier molecular flexibility index (Phi) is 6.20. The molecule has 0 aromatic carbocycles. The number of thiazole rings is 1. The van der Waals surface area contributed by atoms with Crippen molar-refractivity contribution >= 4 is 51.4 Å². The number of nitrogens with zero attached hydrogens (tertiary/aromatic N) is 1. The highest BCUT2D eigenvalue weighted by Crippen LogP contribution is 2.21. The Hall–Kier alpha value is -1.83. The van der Waals surface area contributed by atoms with E-state index in [9.17, 15) is 9.59 Å². The number of nitrogens with one attached hydrogen (secondary N) is 2. The van der Waals surface area contributed by atoms with E-state index < -0.39 is 17.3 Å². The molecule has 1 atom stereocenters. The molecule has 1 aliphatic rings. The van der Waals surface area contributed by atoms with Gasteiger partial charge in [0.2, 0.25) is 5.78 Å². The van der Waals surface area contributed by atoms with E-state index in [0.29, 0.717) is 5.13 Å². The van der Waals surface area contributed by atoms with E-state index in [4.69, 9.17) is 27.9 Å². The maximum Gasteiger partial charge on any atom is 0.343 e. The van der Waals surface area contributed by atoms with E-state index in [1.807, 2.05) is 0 Å². The highest BCUT2D eigenvalue weighted by molar-refractivity contribution is 7.13. The number of carbonyl (C=O) groups excluding carboxylic acids is 2. The molecule has 1 aromatic rings. The fourth-order valence-corrected chi connectivity index (χ4v) is 2.68. The van der Waals surface area contributed by atoms with Gasteiger partial charge in [-0.25, -0.2) is 9.78 Å². The number of allylic oxidation sites excluding steroid dienone is 2. The average molecular weight is 374 g/mol. The van der Waals surface area contributed by atoms with Crippen LogP contribution in [0.2, 0.25) is 0 Å². The molecule has 0 saturated carbocycles. The number of ketones is 1. The molecule has 0 bridgehead atoms. The van der Waals surface area contributed by atoms with Gasteiger partial charge in [-0.1, -0.05) is 23.2 Å². The van der Waals surface area contributed by atoms with Gasteiger partial charge in [0.15, 0.2) is 5.13 Å². The minimum Gasteiger partial charge on any atom is -0.462 e. The summed E-state index contributed by atoms with van der Waals surface area (Å²) in [5.74, 6) is -1.33. The first-order valence-electron chi connectivity index (χ1n) is 6.59. The largest absolute Gasteiger partial charge is 0.462 e. The number of hydrogen-bond acceptors (Lipinski definition) is 7. The van der Waals surface area contributed by atoms with Gasteiger partial charge in [0.25, 0.3) is 0 Å². The van der Waals surface area contributed by atoms with E-state index in [0.717, 1.165) is 0 Å². The van der Waals surface area contributed by atoms with E-state index in [-0.39, 0.29) is 22.9 Å². The molecule has 0 amide bonds.